The van der Waals surface area contributed by atoms with Crippen LogP contribution in [0, 0.1) is 6.92 Å². The van der Waals surface area contributed by atoms with Gasteiger partial charge in [0, 0.05) is 58.2 Å². The van der Waals surface area contributed by atoms with Gasteiger partial charge >= 0.3 is 0 Å². The van der Waals surface area contributed by atoms with E-state index in [-0.39, 0.29) is 0 Å². The Hall–Kier alpha value is -2.54. The summed E-state index contributed by atoms with van der Waals surface area (Å²) in [6, 6.07) is 8.16. The second-order valence-electron chi connectivity index (χ2n) is 5.93. The number of hydrogen-bond donors (Lipinski definition) is 2. The van der Waals surface area contributed by atoms with Gasteiger partial charge in [0.25, 0.3) is 0 Å². The van der Waals surface area contributed by atoms with Crippen LogP contribution in [-0.2, 0) is 17.8 Å². The first-order chi connectivity index (χ1) is 12.7. The fourth-order valence-electron chi connectivity index (χ4n) is 2.45. The van der Waals surface area contributed by atoms with E-state index in [9.17, 15) is 0 Å². The van der Waals surface area contributed by atoms with Crippen molar-refractivity contribution in [1.29, 1.82) is 0 Å². The second kappa shape index (κ2) is 11.1. The molecule has 0 saturated heterocycles. The molecule has 1 heterocycles. The number of nitrogens with one attached hydrogen (secondary N) is 2. The number of guanidine groups is 1. The summed E-state index contributed by atoms with van der Waals surface area (Å²) < 4.78 is 12.9. The van der Waals surface area contributed by atoms with Crippen LogP contribution in [0.15, 0.2) is 41.7 Å². The van der Waals surface area contributed by atoms with Crippen LogP contribution in [0.5, 0.6) is 5.75 Å². The van der Waals surface area contributed by atoms with Gasteiger partial charge in [0.15, 0.2) is 5.96 Å². The van der Waals surface area contributed by atoms with Crippen molar-refractivity contribution >= 4 is 5.96 Å². The highest BCUT2D eigenvalue weighted by Gasteiger charge is 2.06. The predicted molar refractivity (Wildman–Crippen MR) is 104 cm³/mol. The second-order valence-corrected chi connectivity index (χ2v) is 5.93. The molecule has 0 radical (unpaired) electrons. The first-order valence-corrected chi connectivity index (χ1v) is 8.86. The lowest BCUT2D eigenvalue weighted by Crippen LogP contribution is -2.38. The van der Waals surface area contributed by atoms with Crippen LogP contribution < -0.4 is 15.4 Å². The third-order valence-electron chi connectivity index (χ3n) is 3.84. The molecule has 0 aliphatic rings. The number of aromatic nitrogens is 2. The Morgan fingerprint density at radius 3 is 2.88 bits per heavy atom. The minimum atomic E-state index is 0.640. The molecule has 0 aliphatic heterocycles. The summed E-state index contributed by atoms with van der Waals surface area (Å²) in [5, 5.41) is 10.8. The molecule has 0 bridgehead atoms. The molecule has 0 aliphatic carbocycles. The SMILES string of the molecule is CN=C(NCCn1cccn1)NCc1ccc(C)cc1OCCCOC. The van der Waals surface area contributed by atoms with E-state index in [1.165, 1.54) is 5.56 Å². The normalized spacial score (nSPS) is 11.4. The molecule has 0 amide bonds. The topological polar surface area (TPSA) is 72.7 Å². The van der Waals surface area contributed by atoms with Crippen LogP contribution in [0.25, 0.3) is 0 Å². The molecule has 7 nitrogen and oxygen atoms in total. The summed E-state index contributed by atoms with van der Waals surface area (Å²) >= 11 is 0. The van der Waals surface area contributed by atoms with E-state index in [2.05, 4.69) is 45.8 Å². The summed E-state index contributed by atoms with van der Waals surface area (Å²) in [7, 11) is 3.47. The van der Waals surface area contributed by atoms with Gasteiger partial charge in [-0.15, -0.1) is 0 Å². The molecule has 0 unspecified atom stereocenters. The van der Waals surface area contributed by atoms with Gasteiger partial charge in [0.2, 0.25) is 0 Å². The summed E-state index contributed by atoms with van der Waals surface area (Å²) in [6.45, 7) is 5.57. The summed E-state index contributed by atoms with van der Waals surface area (Å²) in [4.78, 5) is 4.26. The predicted octanol–water partition coefficient (Wildman–Crippen LogP) is 1.97. The number of nitrogens with zero attached hydrogens (tertiary/aromatic N) is 3. The smallest absolute Gasteiger partial charge is 0.191 e. The van der Waals surface area contributed by atoms with Crippen molar-refractivity contribution in [3.05, 3.63) is 47.8 Å². The Morgan fingerprint density at radius 1 is 1.27 bits per heavy atom. The largest absolute Gasteiger partial charge is 0.493 e. The molecular weight excluding hydrogens is 330 g/mol. The van der Waals surface area contributed by atoms with E-state index in [1.54, 1.807) is 20.4 Å². The van der Waals surface area contributed by atoms with Crippen molar-refractivity contribution < 1.29 is 9.47 Å². The lowest BCUT2D eigenvalue weighted by atomic mass is 10.1. The summed E-state index contributed by atoms with van der Waals surface area (Å²) in [5.41, 5.74) is 2.28. The minimum absolute atomic E-state index is 0.640. The lowest BCUT2D eigenvalue weighted by molar-refractivity contribution is 0.172. The maximum Gasteiger partial charge on any atom is 0.191 e. The molecule has 0 atom stereocenters. The van der Waals surface area contributed by atoms with Crippen molar-refractivity contribution in [3.63, 3.8) is 0 Å². The number of aryl methyl sites for hydroxylation is 1. The zero-order valence-electron chi connectivity index (χ0n) is 15.9. The molecule has 2 aromatic rings. The van der Waals surface area contributed by atoms with E-state index in [0.717, 1.165) is 36.8 Å². The van der Waals surface area contributed by atoms with E-state index < -0.39 is 0 Å². The number of benzene rings is 1. The van der Waals surface area contributed by atoms with Crippen LogP contribution in [0.3, 0.4) is 0 Å². The molecule has 142 valence electrons. The highest BCUT2D eigenvalue weighted by molar-refractivity contribution is 5.79. The van der Waals surface area contributed by atoms with Gasteiger partial charge in [0.1, 0.15) is 5.75 Å². The fourth-order valence-corrected chi connectivity index (χ4v) is 2.45. The Morgan fingerprint density at radius 2 is 2.15 bits per heavy atom. The standard InChI is InChI=1S/C19H29N5O2/c1-16-6-7-17(18(14-16)26-13-5-12-25-3)15-22-19(20-2)21-9-11-24-10-4-8-23-24/h4,6-8,10,14H,5,9,11-13,15H2,1-3H3,(H2,20,21,22). The Kier molecular flexibility index (Phi) is 8.48. The molecule has 7 heteroatoms. The van der Waals surface area contributed by atoms with Gasteiger partial charge in [-0.25, -0.2) is 0 Å². The molecule has 0 saturated carbocycles. The van der Waals surface area contributed by atoms with E-state index in [4.69, 9.17) is 9.47 Å². The number of ether oxygens (including phenoxy) is 2. The first-order valence-electron chi connectivity index (χ1n) is 8.86. The van der Waals surface area contributed by atoms with E-state index >= 15 is 0 Å². The van der Waals surface area contributed by atoms with E-state index in [0.29, 0.717) is 19.8 Å². The number of hydrogen-bond acceptors (Lipinski definition) is 4. The number of methoxy groups -OCH3 is 1. The van der Waals surface area contributed by atoms with E-state index in [1.807, 2.05) is 16.9 Å². The van der Waals surface area contributed by atoms with Gasteiger partial charge in [-0.3, -0.25) is 9.67 Å². The Balaban J connectivity index is 1.83. The molecule has 2 rings (SSSR count). The lowest BCUT2D eigenvalue weighted by Gasteiger charge is -2.15. The van der Waals surface area contributed by atoms with Gasteiger partial charge < -0.3 is 20.1 Å². The minimum Gasteiger partial charge on any atom is -0.493 e. The molecule has 0 fully saturated rings. The average Bonchev–Trinajstić information content (AvgIpc) is 3.16. The maximum atomic E-state index is 5.92. The monoisotopic (exact) mass is 359 g/mol. The molecule has 2 N–H and O–H groups in total. The maximum absolute atomic E-state index is 5.92. The molecule has 1 aromatic carbocycles. The van der Waals surface area contributed by atoms with Crippen molar-refractivity contribution in [2.45, 2.75) is 26.4 Å². The van der Waals surface area contributed by atoms with Crippen LogP contribution in [0.2, 0.25) is 0 Å². The summed E-state index contributed by atoms with van der Waals surface area (Å²) in [5.74, 6) is 1.66. The quantitative estimate of drug-likeness (QED) is 0.385. The van der Waals surface area contributed by atoms with Crippen molar-refractivity contribution in [1.82, 2.24) is 20.4 Å². The zero-order chi connectivity index (χ0) is 18.6. The zero-order valence-corrected chi connectivity index (χ0v) is 15.9. The molecule has 1 aromatic heterocycles. The van der Waals surface area contributed by atoms with Crippen LogP contribution in [0.1, 0.15) is 17.5 Å². The van der Waals surface area contributed by atoms with Crippen molar-refractivity contribution in [2.24, 2.45) is 4.99 Å². The third-order valence-corrected chi connectivity index (χ3v) is 3.84. The Bertz CT molecular complexity index is 671. The fraction of sp³-hybridized carbons (Fsp3) is 0.474. The van der Waals surface area contributed by atoms with Gasteiger partial charge in [-0.05, 0) is 24.6 Å². The highest BCUT2D eigenvalue weighted by atomic mass is 16.5. The van der Waals surface area contributed by atoms with Crippen LogP contribution in [0.4, 0.5) is 0 Å². The third kappa shape index (κ3) is 6.76. The molecular formula is C19H29N5O2. The van der Waals surface area contributed by atoms with Gasteiger partial charge in [-0.1, -0.05) is 12.1 Å². The summed E-state index contributed by atoms with van der Waals surface area (Å²) in [6.07, 6.45) is 4.59. The molecule has 0 spiro atoms. The number of aliphatic imine (C=N–C) groups is 1. The van der Waals surface area contributed by atoms with Gasteiger partial charge in [0.05, 0.1) is 13.2 Å². The number of rotatable bonds is 10. The molecule has 26 heavy (non-hydrogen) atoms. The van der Waals surface area contributed by atoms with Crippen LogP contribution in [-0.4, -0.2) is 49.7 Å². The average molecular weight is 359 g/mol. The van der Waals surface area contributed by atoms with Gasteiger partial charge in [-0.2, -0.15) is 5.10 Å². The Labute approximate surface area is 155 Å². The highest BCUT2D eigenvalue weighted by Crippen LogP contribution is 2.20. The van der Waals surface area contributed by atoms with Crippen molar-refractivity contribution in [2.75, 3.05) is 33.9 Å². The first kappa shape index (κ1) is 19.8. The van der Waals surface area contributed by atoms with Crippen LogP contribution >= 0.6 is 0 Å². The van der Waals surface area contributed by atoms with Crippen molar-refractivity contribution in [3.8, 4) is 5.75 Å².